The standard InChI is InChI=1S/C11H12F3N5/c12-11(13,14)7-19(6-5-15)10-16-8-3-1-2-4-9(8)17-18-10/h1-4H,5-7,15H2. The van der Waals surface area contributed by atoms with Crippen LogP contribution in [0.1, 0.15) is 0 Å². The van der Waals surface area contributed by atoms with Crippen molar-refractivity contribution >= 4 is 17.0 Å². The maximum atomic E-state index is 12.5. The normalized spacial score (nSPS) is 11.8. The third-order valence-electron chi connectivity index (χ3n) is 2.40. The highest BCUT2D eigenvalue weighted by Crippen LogP contribution is 2.20. The first kappa shape index (κ1) is 13.5. The summed E-state index contributed by atoms with van der Waals surface area (Å²) in [6.07, 6.45) is -4.34. The zero-order chi connectivity index (χ0) is 13.9. The van der Waals surface area contributed by atoms with Crippen LogP contribution in [-0.4, -0.2) is 41.0 Å². The third kappa shape index (κ3) is 3.50. The zero-order valence-electron chi connectivity index (χ0n) is 9.93. The zero-order valence-corrected chi connectivity index (χ0v) is 9.93. The summed E-state index contributed by atoms with van der Waals surface area (Å²) in [6.45, 7) is -1.06. The molecule has 0 aliphatic heterocycles. The minimum atomic E-state index is -4.34. The topological polar surface area (TPSA) is 67.9 Å². The molecule has 0 unspecified atom stereocenters. The van der Waals surface area contributed by atoms with Crippen LogP contribution in [-0.2, 0) is 0 Å². The highest BCUT2D eigenvalue weighted by Gasteiger charge is 2.31. The molecule has 0 amide bonds. The number of nitrogens with zero attached hydrogens (tertiary/aromatic N) is 4. The second kappa shape index (κ2) is 5.35. The van der Waals surface area contributed by atoms with Gasteiger partial charge in [-0.2, -0.15) is 13.2 Å². The molecule has 1 heterocycles. The molecular formula is C11H12F3N5. The molecule has 0 atom stereocenters. The van der Waals surface area contributed by atoms with Crippen LogP contribution in [0.25, 0.3) is 11.0 Å². The van der Waals surface area contributed by atoms with E-state index in [9.17, 15) is 13.2 Å². The third-order valence-corrected chi connectivity index (χ3v) is 2.40. The number of hydrogen-bond donors (Lipinski definition) is 1. The molecule has 5 nitrogen and oxygen atoms in total. The van der Waals surface area contributed by atoms with Crippen LogP contribution in [0.2, 0.25) is 0 Å². The average Bonchev–Trinajstić information content (AvgIpc) is 2.36. The van der Waals surface area contributed by atoms with E-state index in [0.717, 1.165) is 4.90 Å². The van der Waals surface area contributed by atoms with Crippen LogP contribution in [0.15, 0.2) is 24.3 Å². The van der Waals surface area contributed by atoms with Gasteiger partial charge in [-0.1, -0.05) is 12.1 Å². The van der Waals surface area contributed by atoms with E-state index in [0.29, 0.717) is 11.0 Å². The molecule has 0 spiro atoms. The van der Waals surface area contributed by atoms with Crippen LogP contribution in [0.4, 0.5) is 19.1 Å². The number of halogens is 3. The van der Waals surface area contributed by atoms with Gasteiger partial charge >= 0.3 is 6.18 Å². The number of fused-ring (bicyclic) bond motifs is 1. The second-order valence-corrected chi connectivity index (χ2v) is 3.93. The monoisotopic (exact) mass is 271 g/mol. The van der Waals surface area contributed by atoms with Crippen LogP contribution in [0.3, 0.4) is 0 Å². The van der Waals surface area contributed by atoms with Crippen molar-refractivity contribution in [1.82, 2.24) is 15.2 Å². The van der Waals surface area contributed by atoms with Gasteiger partial charge < -0.3 is 10.6 Å². The molecule has 0 aliphatic carbocycles. The number of alkyl halides is 3. The molecule has 2 rings (SSSR count). The summed E-state index contributed by atoms with van der Waals surface area (Å²) >= 11 is 0. The molecule has 2 aromatic rings. The van der Waals surface area contributed by atoms with E-state index >= 15 is 0 Å². The maximum absolute atomic E-state index is 12.5. The Morgan fingerprint density at radius 1 is 1.11 bits per heavy atom. The Bertz CT molecular complexity index is 557. The van der Waals surface area contributed by atoms with Gasteiger partial charge in [0.25, 0.3) is 0 Å². The highest BCUT2D eigenvalue weighted by molar-refractivity contribution is 5.74. The lowest BCUT2D eigenvalue weighted by Gasteiger charge is -2.22. The number of hydrogen-bond acceptors (Lipinski definition) is 5. The van der Waals surface area contributed by atoms with E-state index in [1.54, 1.807) is 24.3 Å². The van der Waals surface area contributed by atoms with Crippen LogP contribution in [0.5, 0.6) is 0 Å². The van der Waals surface area contributed by atoms with Crippen molar-refractivity contribution in [1.29, 1.82) is 0 Å². The Balaban J connectivity index is 2.33. The SMILES string of the molecule is NCCN(CC(F)(F)F)c1nnc2ccccc2n1. The lowest BCUT2D eigenvalue weighted by Crippen LogP contribution is -2.38. The molecule has 8 heteroatoms. The first-order valence-corrected chi connectivity index (χ1v) is 5.61. The molecule has 102 valence electrons. The van der Waals surface area contributed by atoms with Crippen molar-refractivity contribution in [2.75, 3.05) is 24.5 Å². The summed E-state index contributed by atoms with van der Waals surface area (Å²) in [7, 11) is 0. The number of para-hydroxylation sites is 1. The minimum absolute atomic E-state index is 0.0134. The molecule has 1 aromatic heterocycles. The minimum Gasteiger partial charge on any atom is -0.329 e. The van der Waals surface area contributed by atoms with E-state index in [2.05, 4.69) is 15.2 Å². The fourth-order valence-electron chi connectivity index (χ4n) is 1.63. The second-order valence-electron chi connectivity index (χ2n) is 3.93. The molecule has 19 heavy (non-hydrogen) atoms. The summed E-state index contributed by atoms with van der Waals surface area (Å²) in [4.78, 5) is 5.05. The van der Waals surface area contributed by atoms with Crippen LogP contribution >= 0.6 is 0 Å². The smallest absolute Gasteiger partial charge is 0.329 e. The molecule has 2 N–H and O–H groups in total. The number of benzene rings is 1. The van der Waals surface area contributed by atoms with Crippen molar-refractivity contribution in [3.8, 4) is 0 Å². The van der Waals surface area contributed by atoms with Crippen LogP contribution < -0.4 is 10.6 Å². The highest BCUT2D eigenvalue weighted by atomic mass is 19.4. The summed E-state index contributed by atoms with van der Waals surface area (Å²) < 4.78 is 37.4. The molecule has 0 bridgehead atoms. The fourth-order valence-corrected chi connectivity index (χ4v) is 1.63. The van der Waals surface area contributed by atoms with Gasteiger partial charge in [-0.25, -0.2) is 4.98 Å². The van der Waals surface area contributed by atoms with Gasteiger partial charge in [-0.15, -0.1) is 10.2 Å². The van der Waals surface area contributed by atoms with Crippen molar-refractivity contribution in [2.24, 2.45) is 5.73 Å². The van der Waals surface area contributed by atoms with E-state index in [-0.39, 0.29) is 19.0 Å². The molecule has 0 aliphatic rings. The van der Waals surface area contributed by atoms with Gasteiger partial charge in [0.15, 0.2) is 0 Å². The molecule has 1 aromatic carbocycles. The lowest BCUT2D eigenvalue weighted by molar-refractivity contribution is -0.119. The summed E-state index contributed by atoms with van der Waals surface area (Å²) in [6, 6.07) is 6.85. The lowest BCUT2D eigenvalue weighted by atomic mass is 10.3. The summed E-state index contributed by atoms with van der Waals surface area (Å²) in [5.41, 5.74) is 6.34. The first-order valence-electron chi connectivity index (χ1n) is 5.61. The molecule has 0 fully saturated rings. The Kier molecular flexibility index (Phi) is 3.79. The van der Waals surface area contributed by atoms with E-state index in [1.165, 1.54) is 0 Å². The number of aromatic nitrogens is 3. The van der Waals surface area contributed by atoms with Crippen molar-refractivity contribution in [2.45, 2.75) is 6.18 Å². The van der Waals surface area contributed by atoms with E-state index < -0.39 is 12.7 Å². The Hall–Kier alpha value is -1.96. The predicted molar refractivity (Wildman–Crippen MR) is 64.7 cm³/mol. The molecule has 0 saturated carbocycles. The van der Waals surface area contributed by atoms with Gasteiger partial charge in [-0.05, 0) is 12.1 Å². The average molecular weight is 271 g/mol. The Morgan fingerprint density at radius 2 is 1.79 bits per heavy atom. The number of rotatable bonds is 4. The first-order chi connectivity index (χ1) is 8.99. The molecule has 0 radical (unpaired) electrons. The van der Waals surface area contributed by atoms with Crippen molar-refractivity contribution < 1.29 is 13.2 Å². The number of nitrogens with two attached hydrogens (primary N) is 1. The van der Waals surface area contributed by atoms with Gasteiger partial charge in [0, 0.05) is 13.1 Å². The largest absolute Gasteiger partial charge is 0.406 e. The number of anilines is 1. The summed E-state index contributed by atoms with van der Waals surface area (Å²) in [5, 5.41) is 7.57. The van der Waals surface area contributed by atoms with Crippen molar-refractivity contribution in [3.63, 3.8) is 0 Å². The van der Waals surface area contributed by atoms with E-state index in [4.69, 9.17) is 5.73 Å². The molecule has 0 saturated heterocycles. The predicted octanol–water partition coefficient (Wildman–Crippen LogP) is 1.35. The van der Waals surface area contributed by atoms with Crippen LogP contribution in [0, 0.1) is 0 Å². The maximum Gasteiger partial charge on any atom is 0.406 e. The van der Waals surface area contributed by atoms with Crippen molar-refractivity contribution in [3.05, 3.63) is 24.3 Å². The molecular weight excluding hydrogens is 259 g/mol. The quantitative estimate of drug-likeness (QED) is 0.909. The fraction of sp³-hybridized carbons (Fsp3) is 0.364. The Labute approximate surface area is 107 Å². The van der Waals surface area contributed by atoms with Gasteiger partial charge in [0.2, 0.25) is 5.95 Å². The Morgan fingerprint density at radius 3 is 2.42 bits per heavy atom. The summed E-state index contributed by atoms with van der Waals surface area (Å²) in [5.74, 6) is -0.0681. The van der Waals surface area contributed by atoms with Gasteiger partial charge in [-0.3, -0.25) is 0 Å². The van der Waals surface area contributed by atoms with Gasteiger partial charge in [0.1, 0.15) is 12.1 Å². The van der Waals surface area contributed by atoms with E-state index in [1.807, 2.05) is 0 Å². The van der Waals surface area contributed by atoms with Gasteiger partial charge in [0.05, 0.1) is 5.52 Å².